The Kier molecular flexibility index (Phi) is 5.36. The lowest BCUT2D eigenvalue weighted by atomic mass is 10.1. The molecule has 4 nitrogen and oxygen atoms in total. The number of carbonyl (C=O) groups is 1. The largest absolute Gasteiger partial charge is 0.460 e. The summed E-state index contributed by atoms with van der Waals surface area (Å²) in [6.07, 6.45) is 1.54. The van der Waals surface area contributed by atoms with Gasteiger partial charge in [0.25, 0.3) is 0 Å². The molecule has 1 aliphatic heterocycles. The first-order chi connectivity index (χ1) is 9.25. The Bertz CT molecular complexity index is 390. The van der Waals surface area contributed by atoms with Crippen LogP contribution in [0.25, 0.3) is 0 Å². The molecule has 0 saturated carbocycles. The van der Waals surface area contributed by atoms with Crippen LogP contribution in [-0.2, 0) is 20.9 Å². The van der Waals surface area contributed by atoms with Gasteiger partial charge in [-0.2, -0.15) is 0 Å². The number of hydrogen-bond donors (Lipinski definition) is 1. The van der Waals surface area contributed by atoms with E-state index in [-0.39, 0.29) is 12.1 Å². The van der Waals surface area contributed by atoms with Gasteiger partial charge >= 0.3 is 5.97 Å². The third-order valence-electron chi connectivity index (χ3n) is 3.25. The van der Waals surface area contributed by atoms with E-state index in [1.807, 2.05) is 30.3 Å². The fourth-order valence-electron chi connectivity index (χ4n) is 2.16. The highest BCUT2D eigenvalue weighted by Gasteiger charge is 2.29. The van der Waals surface area contributed by atoms with Crippen LogP contribution < -0.4 is 0 Å². The fourth-order valence-corrected chi connectivity index (χ4v) is 2.16. The van der Waals surface area contributed by atoms with E-state index in [0.29, 0.717) is 32.5 Å². The molecule has 0 aromatic heterocycles. The van der Waals surface area contributed by atoms with E-state index in [9.17, 15) is 9.90 Å². The van der Waals surface area contributed by atoms with Crippen molar-refractivity contribution >= 4 is 5.97 Å². The van der Waals surface area contributed by atoms with Gasteiger partial charge in [0.2, 0.25) is 0 Å². The maximum Gasteiger partial charge on any atom is 0.306 e. The Morgan fingerprint density at radius 1 is 1.37 bits per heavy atom. The first-order valence-electron chi connectivity index (χ1n) is 6.75. The lowest BCUT2D eigenvalue weighted by Crippen LogP contribution is -2.25. The van der Waals surface area contributed by atoms with E-state index >= 15 is 0 Å². The molecule has 0 radical (unpaired) electrons. The number of esters is 1. The van der Waals surface area contributed by atoms with Gasteiger partial charge in [-0.05, 0) is 24.8 Å². The van der Waals surface area contributed by atoms with Crippen LogP contribution in [0.1, 0.15) is 31.2 Å². The number of ether oxygens (including phenoxy) is 2. The van der Waals surface area contributed by atoms with E-state index in [1.165, 1.54) is 0 Å². The van der Waals surface area contributed by atoms with E-state index in [4.69, 9.17) is 9.47 Å². The normalized spacial score (nSPS) is 20.3. The molecule has 1 heterocycles. The molecule has 2 atom stereocenters. The van der Waals surface area contributed by atoms with Crippen LogP contribution in [0.2, 0.25) is 0 Å². The van der Waals surface area contributed by atoms with Crippen molar-refractivity contribution in [3.05, 3.63) is 35.9 Å². The Balaban J connectivity index is 1.55. The summed E-state index contributed by atoms with van der Waals surface area (Å²) in [5.74, 6) is -0.204. The lowest BCUT2D eigenvalue weighted by molar-refractivity contribution is -0.145. The molecular formula is C15H20O4. The van der Waals surface area contributed by atoms with Gasteiger partial charge < -0.3 is 14.6 Å². The summed E-state index contributed by atoms with van der Waals surface area (Å²) >= 11 is 0. The molecule has 0 aliphatic carbocycles. The quantitative estimate of drug-likeness (QED) is 0.605. The van der Waals surface area contributed by atoms with Crippen molar-refractivity contribution in [2.45, 2.75) is 44.5 Å². The van der Waals surface area contributed by atoms with Crippen LogP contribution in [0.5, 0.6) is 0 Å². The molecular weight excluding hydrogens is 244 g/mol. The van der Waals surface area contributed by atoms with Gasteiger partial charge in [0.15, 0.2) is 0 Å². The first-order valence-corrected chi connectivity index (χ1v) is 6.75. The van der Waals surface area contributed by atoms with Crippen molar-refractivity contribution in [2.75, 3.05) is 6.61 Å². The van der Waals surface area contributed by atoms with Crippen LogP contribution >= 0.6 is 0 Å². The van der Waals surface area contributed by atoms with Gasteiger partial charge in [0.1, 0.15) is 6.10 Å². The van der Waals surface area contributed by atoms with Gasteiger partial charge in [0, 0.05) is 13.0 Å². The highest BCUT2D eigenvalue weighted by molar-refractivity contribution is 5.71. The van der Waals surface area contributed by atoms with Gasteiger partial charge in [-0.1, -0.05) is 30.3 Å². The first kappa shape index (κ1) is 14.0. The molecule has 1 aromatic carbocycles. The topological polar surface area (TPSA) is 55.8 Å². The smallest absolute Gasteiger partial charge is 0.306 e. The second-order valence-corrected chi connectivity index (χ2v) is 4.81. The van der Waals surface area contributed by atoms with Crippen molar-refractivity contribution < 1.29 is 19.4 Å². The zero-order valence-electron chi connectivity index (χ0n) is 11.0. The fraction of sp³-hybridized carbons (Fsp3) is 0.533. The minimum atomic E-state index is -0.563. The number of cyclic esters (lactones) is 1. The monoisotopic (exact) mass is 264 g/mol. The maximum atomic E-state index is 10.9. The Hall–Kier alpha value is -1.39. The molecule has 0 spiro atoms. The Morgan fingerprint density at radius 3 is 2.84 bits per heavy atom. The number of benzene rings is 1. The summed E-state index contributed by atoms with van der Waals surface area (Å²) in [6, 6.07) is 9.98. The molecule has 1 N–H and O–H groups in total. The Labute approximate surface area is 113 Å². The number of carbonyl (C=O) groups excluding carboxylic acids is 1. The van der Waals surface area contributed by atoms with Crippen molar-refractivity contribution in [3.8, 4) is 0 Å². The van der Waals surface area contributed by atoms with Crippen LogP contribution in [0, 0.1) is 0 Å². The summed E-state index contributed by atoms with van der Waals surface area (Å²) in [5, 5.41) is 9.85. The predicted octanol–water partition coefficient (Wildman–Crippen LogP) is 2.05. The highest BCUT2D eigenvalue weighted by atomic mass is 16.6. The zero-order chi connectivity index (χ0) is 13.5. The van der Waals surface area contributed by atoms with Gasteiger partial charge in [-0.25, -0.2) is 0 Å². The molecule has 19 heavy (non-hydrogen) atoms. The average molecular weight is 264 g/mol. The molecule has 2 rings (SSSR count). The second kappa shape index (κ2) is 7.26. The van der Waals surface area contributed by atoms with Crippen LogP contribution in [0.4, 0.5) is 0 Å². The van der Waals surface area contributed by atoms with E-state index in [1.54, 1.807) is 0 Å². The average Bonchev–Trinajstić information content (AvgIpc) is 2.86. The number of aliphatic hydroxyl groups is 1. The van der Waals surface area contributed by atoms with E-state index < -0.39 is 6.10 Å². The predicted molar refractivity (Wildman–Crippen MR) is 70.5 cm³/mol. The minimum absolute atomic E-state index is 0.204. The summed E-state index contributed by atoms with van der Waals surface area (Å²) in [5.41, 5.74) is 1.15. The summed E-state index contributed by atoms with van der Waals surface area (Å²) < 4.78 is 10.6. The maximum absolute atomic E-state index is 10.9. The third kappa shape index (κ3) is 4.65. The third-order valence-corrected chi connectivity index (χ3v) is 3.25. The van der Waals surface area contributed by atoms with Crippen molar-refractivity contribution in [1.29, 1.82) is 0 Å². The molecule has 1 aromatic rings. The molecule has 0 bridgehead atoms. The van der Waals surface area contributed by atoms with Crippen molar-refractivity contribution in [1.82, 2.24) is 0 Å². The van der Waals surface area contributed by atoms with E-state index in [2.05, 4.69) is 0 Å². The lowest BCUT2D eigenvalue weighted by Gasteiger charge is -2.16. The number of rotatable bonds is 7. The summed E-state index contributed by atoms with van der Waals surface area (Å²) in [4.78, 5) is 10.9. The number of hydrogen-bond acceptors (Lipinski definition) is 4. The molecule has 1 saturated heterocycles. The number of aliphatic hydroxyl groups excluding tert-OH is 1. The van der Waals surface area contributed by atoms with Crippen molar-refractivity contribution in [3.63, 3.8) is 0 Å². The van der Waals surface area contributed by atoms with Crippen LogP contribution in [-0.4, -0.2) is 29.9 Å². The summed E-state index contributed by atoms with van der Waals surface area (Å²) in [7, 11) is 0. The molecule has 104 valence electrons. The second-order valence-electron chi connectivity index (χ2n) is 4.81. The molecule has 1 aliphatic rings. The highest BCUT2D eigenvalue weighted by Crippen LogP contribution is 2.19. The van der Waals surface area contributed by atoms with Gasteiger partial charge in [0.05, 0.1) is 12.7 Å². The standard InChI is InChI=1S/C15H20O4/c16-13(14-8-9-15(17)19-14)7-4-10-18-11-12-5-2-1-3-6-12/h1-3,5-6,13-14,16H,4,7-11H2/t13-,14+/m0/s1. The van der Waals surface area contributed by atoms with E-state index in [0.717, 1.165) is 12.0 Å². The van der Waals surface area contributed by atoms with Crippen LogP contribution in [0.3, 0.4) is 0 Å². The minimum Gasteiger partial charge on any atom is -0.460 e. The van der Waals surface area contributed by atoms with Gasteiger partial charge in [-0.15, -0.1) is 0 Å². The van der Waals surface area contributed by atoms with Crippen molar-refractivity contribution in [2.24, 2.45) is 0 Å². The van der Waals surface area contributed by atoms with Crippen LogP contribution in [0.15, 0.2) is 30.3 Å². The SMILES string of the molecule is O=C1CC[C@H]([C@@H](O)CCCOCc2ccccc2)O1. The molecule has 0 unspecified atom stereocenters. The molecule has 0 amide bonds. The van der Waals surface area contributed by atoms with Gasteiger partial charge in [-0.3, -0.25) is 4.79 Å². The molecule has 4 heteroatoms. The summed E-state index contributed by atoms with van der Waals surface area (Å²) in [6.45, 7) is 1.20. The zero-order valence-corrected chi connectivity index (χ0v) is 11.0. The Morgan fingerprint density at radius 2 is 2.16 bits per heavy atom. The molecule has 1 fully saturated rings.